The monoisotopic (exact) mass is 487 g/mol. The number of carbonyl (C=O) groups excluding carboxylic acids is 2. The molecular formula is C26H22FN5O2S. The van der Waals surface area contributed by atoms with Crippen LogP contribution in [-0.2, 0) is 22.4 Å². The van der Waals surface area contributed by atoms with Gasteiger partial charge in [-0.1, -0.05) is 48.2 Å². The molecular weight excluding hydrogens is 465 g/mol. The fourth-order valence-corrected chi connectivity index (χ4v) is 4.88. The van der Waals surface area contributed by atoms with Crippen LogP contribution in [0, 0.1) is 5.82 Å². The minimum absolute atomic E-state index is 0.00170. The topological polar surface area (TPSA) is 80.1 Å². The first-order valence-corrected chi connectivity index (χ1v) is 12.1. The van der Waals surface area contributed by atoms with Gasteiger partial charge in [0, 0.05) is 23.6 Å². The quantitative estimate of drug-likeness (QED) is 0.394. The Morgan fingerprint density at radius 2 is 1.69 bits per heavy atom. The molecule has 0 fully saturated rings. The lowest BCUT2D eigenvalue weighted by molar-refractivity contribution is -0.116. The number of anilines is 2. The second-order valence-electron chi connectivity index (χ2n) is 8.01. The van der Waals surface area contributed by atoms with Crippen LogP contribution in [0.1, 0.15) is 11.4 Å². The molecule has 4 aromatic rings. The van der Waals surface area contributed by atoms with Crippen LogP contribution >= 0.6 is 11.8 Å². The summed E-state index contributed by atoms with van der Waals surface area (Å²) in [5.41, 5.74) is 3.42. The lowest BCUT2D eigenvalue weighted by Gasteiger charge is -2.17. The molecule has 3 aromatic carbocycles. The second kappa shape index (κ2) is 10.1. The van der Waals surface area contributed by atoms with Gasteiger partial charge in [-0.2, -0.15) is 0 Å². The third kappa shape index (κ3) is 5.09. The minimum Gasteiger partial charge on any atom is -0.326 e. The van der Waals surface area contributed by atoms with Crippen LogP contribution in [0.3, 0.4) is 0 Å². The zero-order valence-corrected chi connectivity index (χ0v) is 19.5. The highest BCUT2D eigenvalue weighted by Crippen LogP contribution is 2.29. The van der Waals surface area contributed by atoms with Crippen molar-refractivity contribution in [2.75, 3.05) is 22.5 Å². The van der Waals surface area contributed by atoms with Crippen molar-refractivity contribution in [2.24, 2.45) is 0 Å². The SMILES string of the molecule is O=C(Cc1nnc(SCC(=O)N2CCc3ccccc32)n1-c1ccccc1)Nc1ccc(F)cc1. The number of para-hydroxylation sites is 2. The third-order valence-electron chi connectivity index (χ3n) is 5.67. The number of nitrogens with one attached hydrogen (secondary N) is 1. The van der Waals surface area contributed by atoms with E-state index >= 15 is 0 Å². The van der Waals surface area contributed by atoms with Crippen molar-refractivity contribution in [3.63, 3.8) is 0 Å². The maximum atomic E-state index is 13.2. The smallest absolute Gasteiger partial charge is 0.237 e. The van der Waals surface area contributed by atoms with Gasteiger partial charge in [-0.25, -0.2) is 4.39 Å². The van der Waals surface area contributed by atoms with Gasteiger partial charge in [-0.3, -0.25) is 14.2 Å². The summed E-state index contributed by atoms with van der Waals surface area (Å²) in [5.74, 6) is -0.0421. The molecule has 1 aromatic heterocycles. The summed E-state index contributed by atoms with van der Waals surface area (Å²) in [6.07, 6.45) is 0.813. The average molecular weight is 488 g/mol. The molecule has 2 heterocycles. The Hall–Kier alpha value is -3.98. The number of nitrogens with zero attached hydrogens (tertiary/aromatic N) is 4. The van der Waals surface area contributed by atoms with E-state index in [4.69, 9.17) is 0 Å². The number of fused-ring (bicyclic) bond motifs is 1. The molecule has 1 aliphatic rings. The molecule has 0 aliphatic carbocycles. The van der Waals surface area contributed by atoms with Crippen molar-refractivity contribution in [1.82, 2.24) is 14.8 Å². The molecule has 1 N–H and O–H groups in total. The lowest BCUT2D eigenvalue weighted by Crippen LogP contribution is -2.30. The summed E-state index contributed by atoms with van der Waals surface area (Å²) in [5, 5.41) is 11.8. The van der Waals surface area contributed by atoms with Crippen molar-refractivity contribution in [2.45, 2.75) is 18.0 Å². The van der Waals surface area contributed by atoms with Crippen molar-refractivity contribution in [3.05, 3.63) is 96.1 Å². The van der Waals surface area contributed by atoms with Gasteiger partial charge >= 0.3 is 0 Å². The Balaban J connectivity index is 1.33. The molecule has 1 aliphatic heterocycles. The standard InChI is InChI=1S/C26H22FN5O2S/c27-19-10-12-20(13-11-19)28-24(33)16-23-29-30-26(32(23)21-7-2-1-3-8-21)35-17-25(34)31-15-14-18-6-4-5-9-22(18)31/h1-13H,14-17H2,(H,28,33). The zero-order chi connectivity index (χ0) is 24.2. The van der Waals surface area contributed by atoms with Gasteiger partial charge in [0.2, 0.25) is 11.8 Å². The Morgan fingerprint density at radius 3 is 2.49 bits per heavy atom. The van der Waals surface area contributed by atoms with E-state index in [1.54, 1.807) is 4.57 Å². The van der Waals surface area contributed by atoms with Gasteiger partial charge in [0.1, 0.15) is 11.6 Å². The fraction of sp³-hybridized carbons (Fsp3) is 0.154. The van der Waals surface area contributed by atoms with E-state index in [1.807, 2.05) is 59.5 Å². The van der Waals surface area contributed by atoms with Crippen molar-refractivity contribution >= 4 is 35.0 Å². The molecule has 0 atom stereocenters. The number of benzene rings is 3. The number of hydrogen-bond donors (Lipinski definition) is 1. The van der Waals surface area contributed by atoms with E-state index < -0.39 is 0 Å². The highest BCUT2D eigenvalue weighted by molar-refractivity contribution is 7.99. The molecule has 0 saturated heterocycles. The van der Waals surface area contributed by atoms with Gasteiger partial charge in [0.15, 0.2) is 5.16 Å². The van der Waals surface area contributed by atoms with Gasteiger partial charge in [0.25, 0.3) is 0 Å². The zero-order valence-electron chi connectivity index (χ0n) is 18.7. The number of aromatic nitrogens is 3. The summed E-state index contributed by atoms with van der Waals surface area (Å²) >= 11 is 1.29. The van der Waals surface area contributed by atoms with E-state index in [-0.39, 0.29) is 29.8 Å². The molecule has 7 nitrogen and oxygen atoms in total. The molecule has 176 valence electrons. The first-order valence-electron chi connectivity index (χ1n) is 11.1. The van der Waals surface area contributed by atoms with Crippen molar-refractivity contribution < 1.29 is 14.0 Å². The summed E-state index contributed by atoms with van der Waals surface area (Å²) in [6.45, 7) is 0.666. The van der Waals surface area contributed by atoms with Gasteiger partial charge in [-0.05, 0) is 54.4 Å². The highest BCUT2D eigenvalue weighted by Gasteiger charge is 2.25. The Labute approximate surface area is 206 Å². The number of thioether (sulfide) groups is 1. The molecule has 0 radical (unpaired) electrons. The maximum absolute atomic E-state index is 13.2. The van der Waals surface area contributed by atoms with Crippen LogP contribution in [0.2, 0.25) is 0 Å². The van der Waals surface area contributed by atoms with Crippen molar-refractivity contribution in [1.29, 1.82) is 0 Å². The largest absolute Gasteiger partial charge is 0.326 e. The second-order valence-corrected chi connectivity index (χ2v) is 8.96. The maximum Gasteiger partial charge on any atom is 0.237 e. The van der Waals surface area contributed by atoms with E-state index in [0.29, 0.717) is 23.2 Å². The Morgan fingerprint density at radius 1 is 0.943 bits per heavy atom. The van der Waals surface area contributed by atoms with Crippen LogP contribution in [-0.4, -0.2) is 38.9 Å². The van der Waals surface area contributed by atoms with Gasteiger partial charge < -0.3 is 10.2 Å². The molecule has 0 saturated carbocycles. The predicted octanol–water partition coefficient (Wildman–Crippen LogP) is 4.27. The molecule has 9 heteroatoms. The average Bonchev–Trinajstić information content (AvgIpc) is 3.48. The minimum atomic E-state index is -0.375. The first kappa shape index (κ1) is 22.8. The molecule has 0 spiro atoms. The molecule has 2 amide bonds. The van der Waals surface area contributed by atoms with Crippen LogP contribution < -0.4 is 10.2 Å². The summed E-state index contributed by atoms with van der Waals surface area (Å²) in [4.78, 5) is 27.5. The van der Waals surface area contributed by atoms with Gasteiger partial charge in [0.05, 0.1) is 12.2 Å². The van der Waals surface area contributed by atoms with E-state index in [0.717, 1.165) is 17.8 Å². The number of halogens is 1. The molecule has 0 bridgehead atoms. The van der Waals surface area contributed by atoms with Crippen LogP contribution in [0.15, 0.2) is 84.0 Å². The van der Waals surface area contributed by atoms with Gasteiger partial charge in [-0.15, -0.1) is 10.2 Å². The normalized spacial score (nSPS) is 12.4. The summed E-state index contributed by atoms with van der Waals surface area (Å²) in [6, 6.07) is 23.0. The summed E-state index contributed by atoms with van der Waals surface area (Å²) in [7, 11) is 0. The number of amides is 2. The molecule has 35 heavy (non-hydrogen) atoms. The van der Waals surface area contributed by atoms with E-state index in [2.05, 4.69) is 15.5 Å². The Bertz CT molecular complexity index is 1360. The number of hydrogen-bond acceptors (Lipinski definition) is 5. The molecule has 5 rings (SSSR count). The number of carbonyl (C=O) groups is 2. The summed E-state index contributed by atoms with van der Waals surface area (Å²) < 4.78 is 14.9. The highest BCUT2D eigenvalue weighted by atomic mass is 32.2. The lowest BCUT2D eigenvalue weighted by atomic mass is 10.2. The predicted molar refractivity (Wildman–Crippen MR) is 133 cm³/mol. The Kier molecular flexibility index (Phi) is 6.58. The van der Waals surface area contributed by atoms with E-state index in [9.17, 15) is 14.0 Å². The number of rotatable bonds is 7. The van der Waals surface area contributed by atoms with Crippen LogP contribution in [0.5, 0.6) is 0 Å². The fourth-order valence-electron chi connectivity index (χ4n) is 4.03. The molecule has 0 unspecified atom stereocenters. The van der Waals surface area contributed by atoms with Crippen LogP contribution in [0.4, 0.5) is 15.8 Å². The first-order chi connectivity index (χ1) is 17.1. The van der Waals surface area contributed by atoms with Crippen LogP contribution in [0.25, 0.3) is 5.69 Å². The van der Waals surface area contributed by atoms with Crippen molar-refractivity contribution in [3.8, 4) is 5.69 Å². The van der Waals surface area contributed by atoms with E-state index in [1.165, 1.54) is 41.6 Å². The third-order valence-corrected chi connectivity index (χ3v) is 6.59.